The Kier molecular flexibility index (Phi) is 4.12. The maximum Gasteiger partial charge on any atom is 0.313 e. The fraction of sp³-hybridized carbons (Fsp3) is 0.714. The summed E-state index contributed by atoms with van der Waals surface area (Å²) < 4.78 is 5.13. The van der Waals surface area contributed by atoms with Crippen LogP contribution in [-0.2, 0) is 14.3 Å². The number of rotatable bonds is 3. The van der Waals surface area contributed by atoms with E-state index in [1.54, 1.807) is 6.92 Å². The highest BCUT2D eigenvalue weighted by Crippen LogP contribution is 2.43. The lowest BCUT2D eigenvalue weighted by atomic mass is 9.65. The summed E-state index contributed by atoms with van der Waals surface area (Å²) >= 11 is 0. The highest BCUT2D eigenvalue weighted by atomic mass is 16.5. The molecule has 0 N–H and O–H groups in total. The number of allylic oxidation sites excluding steroid dienone is 1. The van der Waals surface area contributed by atoms with Crippen LogP contribution in [0.2, 0.25) is 0 Å². The molecule has 0 aliphatic heterocycles. The summed E-state index contributed by atoms with van der Waals surface area (Å²) in [5.41, 5.74) is 1.36. The lowest BCUT2D eigenvalue weighted by Crippen LogP contribution is -2.39. The average molecular weight is 238 g/mol. The van der Waals surface area contributed by atoms with Crippen LogP contribution < -0.4 is 0 Å². The third-order valence-electron chi connectivity index (χ3n) is 3.52. The topological polar surface area (TPSA) is 43.4 Å². The number of ether oxygens (including phenoxy) is 1. The standard InChI is InChI=1S/C14H22O3/c1-6-10-9(3)12(13(16)17-7-2)14(4,5)8-11(10)15/h12H,6-8H2,1-5H3/t12-/m0/s1. The minimum Gasteiger partial charge on any atom is -0.466 e. The zero-order valence-electron chi connectivity index (χ0n) is 11.4. The lowest BCUT2D eigenvalue weighted by molar-refractivity contribution is -0.151. The van der Waals surface area contributed by atoms with Crippen molar-refractivity contribution in [2.45, 2.75) is 47.5 Å². The molecule has 0 fully saturated rings. The maximum absolute atomic E-state index is 12.0. The molecular formula is C14H22O3. The van der Waals surface area contributed by atoms with Gasteiger partial charge in [0.1, 0.15) is 0 Å². The Morgan fingerprint density at radius 3 is 2.47 bits per heavy atom. The van der Waals surface area contributed by atoms with E-state index < -0.39 is 0 Å². The molecule has 0 bridgehead atoms. The number of esters is 1. The molecule has 17 heavy (non-hydrogen) atoms. The van der Waals surface area contributed by atoms with Gasteiger partial charge < -0.3 is 4.74 Å². The zero-order chi connectivity index (χ0) is 13.2. The number of Topliss-reactive ketones (excluding diaryl/α,β-unsaturated/α-hetero) is 1. The van der Waals surface area contributed by atoms with Crippen LogP contribution in [0.15, 0.2) is 11.1 Å². The second kappa shape index (κ2) is 5.03. The van der Waals surface area contributed by atoms with Gasteiger partial charge in [0.15, 0.2) is 5.78 Å². The Morgan fingerprint density at radius 2 is 2.00 bits per heavy atom. The molecule has 0 saturated heterocycles. The SMILES string of the molecule is CCOC(=O)[C@@H]1C(C)=C(CC)C(=O)CC1(C)C. The predicted molar refractivity (Wildman–Crippen MR) is 66.5 cm³/mol. The fourth-order valence-electron chi connectivity index (χ4n) is 2.80. The van der Waals surface area contributed by atoms with Gasteiger partial charge in [-0.1, -0.05) is 26.3 Å². The van der Waals surface area contributed by atoms with Crippen LogP contribution >= 0.6 is 0 Å². The first-order valence-electron chi connectivity index (χ1n) is 6.24. The molecule has 1 atom stereocenters. The number of hydrogen-bond donors (Lipinski definition) is 0. The first kappa shape index (κ1) is 13.9. The Morgan fingerprint density at radius 1 is 1.41 bits per heavy atom. The fourth-order valence-corrected chi connectivity index (χ4v) is 2.80. The van der Waals surface area contributed by atoms with Gasteiger partial charge in [-0.3, -0.25) is 9.59 Å². The molecule has 1 rings (SSSR count). The quantitative estimate of drug-likeness (QED) is 0.710. The second-order valence-electron chi connectivity index (χ2n) is 5.29. The zero-order valence-corrected chi connectivity index (χ0v) is 11.4. The van der Waals surface area contributed by atoms with E-state index in [1.165, 1.54) is 0 Å². The van der Waals surface area contributed by atoms with Crippen molar-refractivity contribution in [2.24, 2.45) is 11.3 Å². The molecular weight excluding hydrogens is 216 g/mol. The number of hydrogen-bond acceptors (Lipinski definition) is 3. The molecule has 0 radical (unpaired) electrons. The van der Waals surface area contributed by atoms with E-state index in [1.807, 2.05) is 27.7 Å². The number of carbonyl (C=O) groups excluding carboxylic acids is 2. The molecule has 0 spiro atoms. The Bertz CT molecular complexity index is 364. The normalized spacial score (nSPS) is 23.8. The second-order valence-corrected chi connectivity index (χ2v) is 5.29. The highest BCUT2D eigenvalue weighted by molar-refractivity contribution is 5.99. The minimum absolute atomic E-state index is 0.176. The third kappa shape index (κ3) is 2.59. The average Bonchev–Trinajstić information content (AvgIpc) is 2.15. The predicted octanol–water partition coefficient (Wildman–Crippen LogP) is 2.89. The van der Waals surface area contributed by atoms with Crippen LogP contribution in [0.4, 0.5) is 0 Å². The number of carbonyl (C=O) groups is 2. The Balaban J connectivity index is 3.18. The van der Waals surface area contributed by atoms with Crippen molar-refractivity contribution in [3.63, 3.8) is 0 Å². The van der Waals surface area contributed by atoms with E-state index in [9.17, 15) is 9.59 Å². The van der Waals surface area contributed by atoms with Crippen LogP contribution in [-0.4, -0.2) is 18.4 Å². The van der Waals surface area contributed by atoms with E-state index in [0.29, 0.717) is 19.4 Å². The van der Waals surface area contributed by atoms with Gasteiger partial charge in [0, 0.05) is 6.42 Å². The molecule has 0 aromatic carbocycles. The summed E-state index contributed by atoms with van der Waals surface area (Å²) in [5.74, 6) is -0.306. The van der Waals surface area contributed by atoms with Gasteiger partial charge in [-0.15, -0.1) is 0 Å². The van der Waals surface area contributed by atoms with Crippen LogP contribution in [0.25, 0.3) is 0 Å². The smallest absolute Gasteiger partial charge is 0.313 e. The molecule has 96 valence electrons. The van der Waals surface area contributed by atoms with E-state index in [4.69, 9.17) is 4.74 Å². The van der Waals surface area contributed by atoms with Crippen molar-refractivity contribution in [2.75, 3.05) is 6.61 Å². The Labute approximate surface area is 103 Å². The monoisotopic (exact) mass is 238 g/mol. The largest absolute Gasteiger partial charge is 0.466 e. The van der Waals surface area contributed by atoms with Crippen molar-refractivity contribution in [3.8, 4) is 0 Å². The third-order valence-corrected chi connectivity index (χ3v) is 3.52. The van der Waals surface area contributed by atoms with Gasteiger partial charge in [0.2, 0.25) is 0 Å². The van der Waals surface area contributed by atoms with Crippen LogP contribution in [0.1, 0.15) is 47.5 Å². The molecule has 0 heterocycles. The minimum atomic E-state index is -0.341. The summed E-state index contributed by atoms with van der Waals surface area (Å²) in [7, 11) is 0. The molecule has 3 nitrogen and oxygen atoms in total. The maximum atomic E-state index is 12.0. The van der Waals surface area contributed by atoms with Gasteiger partial charge in [-0.25, -0.2) is 0 Å². The summed E-state index contributed by atoms with van der Waals surface area (Å²) in [6.07, 6.45) is 1.12. The first-order valence-corrected chi connectivity index (χ1v) is 6.24. The van der Waals surface area contributed by atoms with E-state index in [-0.39, 0.29) is 23.1 Å². The molecule has 3 heteroatoms. The van der Waals surface area contributed by atoms with Gasteiger partial charge in [0.25, 0.3) is 0 Å². The van der Waals surface area contributed by atoms with Crippen LogP contribution in [0.5, 0.6) is 0 Å². The molecule has 1 aliphatic carbocycles. The highest BCUT2D eigenvalue weighted by Gasteiger charge is 2.44. The van der Waals surface area contributed by atoms with E-state index >= 15 is 0 Å². The summed E-state index contributed by atoms with van der Waals surface area (Å²) in [5, 5.41) is 0. The van der Waals surface area contributed by atoms with Gasteiger partial charge >= 0.3 is 5.97 Å². The van der Waals surface area contributed by atoms with Crippen molar-refractivity contribution in [3.05, 3.63) is 11.1 Å². The lowest BCUT2D eigenvalue weighted by Gasteiger charge is -2.38. The number of ketones is 1. The molecule has 1 aliphatic rings. The molecule has 0 aromatic rings. The van der Waals surface area contributed by atoms with Gasteiger partial charge in [-0.2, -0.15) is 0 Å². The van der Waals surface area contributed by atoms with Crippen LogP contribution in [0.3, 0.4) is 0 Å². The van der Waals surface area contributed by atoms with Crippen molar-refractivity contribution < 1.29 is 14.3 Å². The molecule has 0 saturated carbocycles. The summed E-state index contributed by atoms with van der Waals surface area (Å²) in [6, 6.07) is 0. The summed E-state index contributed by atoms with van der Waals surface area (Å²) in [4.78, 5) is 24.0. The molecule has 0 unspecified atom stereocenters. The van der Waals surface area contributed by atoms with Gasteiger partial charge in [0.05, 0.1) is 12.5 Å². The first-order chi connectivity index (χ1) is 7.85. The van der Waals surface area contributed by atoms with Crippen molar-refractivity contribution in [1.29, 1.82) is 0 Å². The van der Waals surface area contributed by atoms with Gasteiger partial charge in [-0.05, 0) is 31.3 Å². The summed E-state index contributed by atoms with van der Waals surface area (Å²) in [6.45, 7) is 9.95. The van der Waals surface area contributed by atoms with E-state index in [0.717, 1.165) is 11.1 Å². The van der Waals surface area contributed by atoms with E-state index in [2.05, 4.69) is 0 Å². The Hall–Kier alpha value is -1.12. The molecule has 0 aromatic heterocycles. The van der Waals surface area contributed by atoms with Crippen molar-refractivity contribution >= 4 is 11.8 Å². The van der Waals surface area contributed by atoms with Crippen LogP contribution in [0, 0.1) is 11.3 Å². The molecule has 0 amide bonds. The van der Waals surface area contributed by atoms with Crippen molar-refractivity contribution in [1.82, 2.24) is 0 Å².